The van der Waals surface area contributed by atoms with Crippen molar-refractivity contribution in [3.05, 3.63) is 21.3 Å². The molecule has 6 heteroatoms. The quantitative estimate of drug-likeness (QED) is 0.524. The summed E-state index contributed by atoms with van der Waals surface area (Å²) in [4.78, 5) is 5.58. The number of halogens is 1. The molecule has 1 heterocycles. The Morgan fingerprint density at radius 2 is 2.18 bits per heavy atom. The highest BCUT2D eigenvalue weighted by Gasteiger charge is 2.34. The Morgan fingerprint density at radius 3 is 2.68 bits per heavy atom. The van der Waals surface area contributed by atoms with Gasteiger partial charge in [-0.1, -0.05) is 24.9 Å². The molecular weight excluding hydrogens is 318 g/mol. The topological polar surface area (TPSA) is 56.7 Å². The third kappa shape index (κ3) is 4.61. The molecule has 2 rings (SSSR count). The normalized spacial score (nSPS) is 18.6. The van der Waals surface area contributed by atoms with Crippen LogP contribution in [0, 0.1) is 5.41 Å². The molecule has 1 aliphatic rings. The van der Waals surface area contributed by atoms with Gasteiger partial charge in [0.05, 0.1) is 4.34 Å². The molecule has 1 aliphatic carbocycles. The zero-order chi connectivity index (χ0) is 16.0. The monoisotopic (exact) mass is 343 g/mol. The maximum absolute atomic E-state index is 10.2. The molecule has 1 aromatic rings. The zero-order valence-electron chi connectivity index (χ0n) is 13.4. The fourth-order valence-electron chi connectivity index (χ4n) is 2.69. The number of thiophene rings is 1. The Labute approximate surface area is 142 Å². The average Bonchev–Trinajstić information content (AvgIpc) is 2.90. The third-order valence-electron chi connectivity index (χ3n) is 4.47. The predicted octanol–water partition coefficient (Wildman–Crippen LogP) is 3.57. The number of rotatable bonds is 7. The minimum Gasteiger partial charge on any atom is -0.386 e. The van der Waals surface area contributed by atoms with E-state index in [-0.39, 0.29) is 0 Å². The number of hydrogen-bond acceptors (Lipinski definition) is 3. The largest absolute Gasteiger partial charge is 0.386 e. The molecule has 1 unspecified atom stereocenters. The first-order valence-corrected chi connectivity index (χ1v) is 9.23. The number of aliphatic hydroxyl groups is 1. The lowest BCUT2D eigenvalue weighted by molar-refractivity contribution is 0.139. The van der Waals surface area contributed by atoms with Gasteiger partial charge in [0.2, 0.25) is 0 Å². The molecule has 124 valence electrons. The third-order valence-corrected chi connectivity index (χ3v) is 5.80. The number of guanidine groups is 1. The molecule has 0 saturated heterocycles. The zero-order valence-corrected chi connectivity index (χ0v) is 14.9. The van der Waals surface area contributed by atoms with Gasteiger partial charge in [-0.25, -0.2) is 0 Å². The molecule has 1 fully saturated rings. The molecule has 0 spiro atoms. The molecular formula is C16H26ClN3OS. The van der Waals surface area contributed by atoms with Crippen molar-refractivity contribution in [2.75, 3.05) is 19.6 Å². The van der Waals surface area contributed by atoms with Crippen molar-refractivity contribution in [3.8, 4) is 0 Å². The van der Waals surface area contributed by atoms with Crippen LogP contribution in [0.15, 0.2) is 17.1 Å². The van der Waals surface area contributed by atoms with Crippen molar-refractivity contribution >= 4 is 28.9 Å². The van der Waals surface area contributed by atoms with Gasteiger partial charge in [0.15, 0.2) is 5.96 Å². The van der Waals surface area contributed by atoms with Gasteiger partial charge >= 0.3 is 0 Å². The first-order valence-electron chi connectivity index (χ1n) is 8.04. The number of nitrogens with one attached hydrogen (secondary N) is 2. The number of nitrogens with zero attached hydrogens (tertiary/aromatic N) is 1. The average molecular weight is 344 g/mol. The summed E-state index contributed by atoms with van der Waals surface area (Å²) in [5, 5.41) is 16.7. The molecule has 0 bridgehead atoms. The van der Waals surface area contributed by atoms with E-state index >= 15 is 0 Å². The summed E-state index contributed by atoms with van der Waals surface area (Å²) in [7, 11) is 0. The van der Waals surface area contributed by atoms with E-state index in [1.54, 1.807) is 0 Å². The van der Waals surface area contributed by atoms with Crippen LogP contribution >= 0.6 is 22.9 Å². The fourth-order valence-corrected chi connectivity index (χ4v) is 3.74. The molecule has 4 nitrogen and oxygen atoms in total. The Bertz CT molecular complexity index is 494. The van der Waals surface area contributed by atoms with E-state index in [0.717, 1.165) is 23.9 Å². The highest BCUT2D eigenvalue weighted by atomic mass is 35.5. The highest BCUT2D eigenvalue weighted by molar-refractivity contribution is 7.16. The lowest BCUT2D eigenvalue weighted by Gasteiger charge is -2.40. The van der Waals surface area contributed by atoms with E-state index in [0.29, 0.717) is 16.3 Å². The number of aliphatic imine (C=N–C) groups is 1. The van der Waals surface area contributed by atoms with E-state index in [1.807, 2.05) is 19.1 Å². The standard InChI is InChI=1S/C16H26ClN3OS/c1-3-16(8-5-9-16)11-20-15(18-4-2)19-10-12(21)13-6-7-14(17)22-13/h6-7,12,21H,3-5,8-11H2,1-2H3,(H2,18,19,20). The molecule has 1 aromatic heterocycles. The number of hydrogen-bond donors (Lipinski definition) is 3. The van der Waals surface area contributed by atoms with Crippen LogP contribution < -0.4 is 10.6 Å². The maximum atomic E-state index is 10.2. The molecule has 0 amide bonds. The summed E-state index contributed by atoms with van der Waals surface area (Å²) in [6.45, 7) is 6.40. The van der Waals surface area contributed by atoms with Gasteiger partial charge < -0.3 is 15.7 Å². The van der Waals surface area contributed by atoms with E-state index in [1.165, 1.54) is 37.0 Å². The van der Waals surface area contributed by atoms with Gasteiger partial charge in [-0.3, -0.25) is 4.99 Å². The van der Waals surface area contributed by atoms with Crippen molar-refractivity contribution in [1.82, 2.24) is 10.6 Å². The molecule has 0 aromatic carbocycles. The van der Waals surface area contributed by atoms with Gasteiger partial charge in [-0.15, -0.1) is 11.3 Å². The van der Waals surface area contributed by atoms with E-state index in [4.69, 9.17) is 16.6 Å². The Hall–Kier alpha value is -0.780. The SMILES string of the molecule is CCNC(=NCC1(CC)CCC1)NCC(O)c1ccc(Cl)s1. The second-order valence-corrected chi connectivity index (χ2v) is 7.69. The number of aliphatic hydroxyl groups excluding tert-OH is 1. The van der Waals surface area contributed by atoms with Crippen LogP contribution in [-0.2, 0) is 0 Å². The van der Waals surface area contributed by atoms with Gasteiger partial charge in [-0.2, -0.15) is 0 Å². The van der Waals surface area contributed by atoms with Crippen LogP contribution in [0.5, 0.6) is 0 Å². The second kappa shape index (κ2) is 8.18. The summed E-state index contributed by atoms with van der Waals surface area (Å²) in [6.07, 6.45) is 4.51. The van der Waals surface area contributed by atoms with E-state index in [9.17, 15) is 5.11 Å². The van der Waals surface area contributed by atoms with Crippen LogP contribution in [0.2, 0.25) is 4.34 Å². The molecule has 22 heavy (non-hydrogen) atoms. The Kier molecular flexibility index (Phi) is 6.53. The van der Waals surface area contributed by atoms with Crippen molar-refractivity contribution in [2.45, 2.75) is 45.6 Å². The lowest BCUT2D eigenvalue weighted by atomic mass is 9.67. The van der Waals surface area contributed by atoms with Crippen LogP contribution in [0.4, 0.5) is 0 Å². The van der Waals surface area contributed by atoms with Gasteiger partial charge in [0, 0.05) is 24.5 Å². The summed E-state index contributed by atoms with van der Waals surface area (Å²) < 4.78 is 0.699. The first kappa shape index (κ1) is 17.6. The molecule has 0 radical (unpaired) electrons. The summed E-state index contributed by atoms with van der Waals surface area (Å²) >= 11 is 7.32. The molecule has 3 N–H and O–H groups in total. The second-order valence-electron chi connectivity index (χ2n) is 5.94. The minimum absolute atomic E-state index is 0.405. The van der Waals surface area contributed by atoms with Crippen molar-refractivity contribution in [3.63, 3.8) is 0 Å². The molecule has 0 aliphatic heterocycles. The highest BCUT2D eigenvalue weighted by Crippen LogP contribution is 2.43. The Balaban J connectivity index is 1.88. The first-order chi connectivity index (χ1) is 10.6. The summed E-state index contributed by atoms with van der Waals surface area (Å²) in [5.74, 6) is 0.781. The minimum atomic E-state index is -0.565. The van der Waals surface area contributed by atoms with E-state index in [2.05, 4.69) is 17.6 Å². The van der Waals surface area contributed by atoms with Crippen LogP contribution in [0.25, 0.3) is 0 Å². The van der Waals surface area contributed by atoms with Gasteiger partial charge in [-0.05, 0) is 43.7 Å². The molecule has 1 saturated carbocycles. The van der Waals surface area contributed by atoms with Crippen molar-refractivity contribution in [1.29, 1.82) is 0 Å². The molecule has 1 atom stereocenters. The van der Waals surface area contributed by atoms with E-state index < -0.39 is 6.10 Å². The summed E-state index contributed by atoms with van der Waals surface area (Å²) in [6, 6.07) is 3.68. The smallest absolute Gasteiger partial charge is 0.191 e. The van der Waals surface area contributed by atoms with Crippen molar-refractivity contribution < 1.29 is 5.11 Å². The van der Waals surface area contributed by atoms with Crippen LogP contribution in [0.3, 0.4) is 0 Å². The maximum Gasteiger partial charge on any atom is 0.191 e. The van der Waals surface area contributed by atoms with Crippen molar-refractivity contribution in [2.24, 2.45) is 10.4 Å². The van der Waals surface area contributed by atoms with Gasteiger partial charge in [0.25, 0.3) is 0 Å². The van der Waals surface area contributed by atoms with Crippen LogP contribution in [0.1, 0.15) is 50.5 Å². The van der Waals surface area contributed by atoms with Gasteiger partial charge in [0.1, 0.15) is 6.10 Å². The Morgan fingerprint density at radius 1 is 1.41 bits per heavy atom. The van der Waals surface area contributed by atoms with Crippen LogP contribution in [-0.4, -0.2) is 30.7 Å². The predicted molar refractivity (Wildman–Crippen MR) is 94.8 cm³/mol. The fraction of sp³-hybridized carbons (Fsp3) is 0.688. The lowest BCUT2D eigenvalue weighted by Crippen LogP contribution is -2.41. The summed E-state index contributed by atoms with van der Waals surface area (Å²) in [5.41, 5.74) is 0.405.